The molecule has 1 aromatic carbocycles. The van der Waals surface area contributed by atoms with Crippen molar-refractivity contribution in [1.82, 2.24) is 5.32 Å². The summed E-state index contributed by atoms with van der Waals surface area (Å²) in [6, 6.07) is 5.58. The fraction of sp³-hybridized carbons (Fsp3) is 0.600. The molecule has 0 saturated carbocycles. The van der Waals surface area contributed by atoms with Gasteiger partial charge in [-0.3, -0.25) is 0 Å². The first-order valence-electron chi connectivity index (χ1n) is 6.69. The minimum atomic E-state index is -4.27. The number of benzene rings is 1. The van der Waals surface area contributed by atoms with Crippen molar-refractivity contribution in [2.45, 2.75) is 45.3 Å². The molecule has 0 aliphatic heterocycles. The van der Waals surface area contributed by atoms with E-state index < -0.39 is 11.7 Å². The smallest absolute Gasteiger partial charge is 0.313 e. The third-order valence-electron chi connectivity index (χ3n) is 3.24. The molecule has 0 amide bonds. The van der Waals surface area contributed by atoms with Crippen molar-refractivity contribution >= 4 is 0 Å². The van der Waals surface area contributed by atoms with Gasteiger partial charge in [0.2, 0.25) is 0 Å². The Balaban J connectivity index is 2.75. The zero-order valence-electron chi connectivity index (χ0n) is 11.7. The lowest BCUT2D eigenvalue weighted by atomic mass is 9.97. The number of rotatable bonds is 6. The molecule has 0 aliphatic carbocycles. The van der Waals surface area contributed by atoms with Gasteiger partial charge in [0.05, 0.1) is 5.56 Å². The maximum atomic E-state index is 12.7. The highest BCUT2D eigenvalue weighted by molar-refractivity contribution is 5.27. The van der Waals surface area contributed by atoms with Crippen molar-refractivity contribution in [2.75, 3.05) is 7.05 Å². The molecule has 0 spiro atoms. The monoisotopic (exact) mass is 273 g/mol. The second-order valence-electron chi connectivity index (χ2n) is 5.29. The average Bonchev–Trinajstić information content (AvgIpc) is 2.33. The molecule has 0 aromatic heterocycles. The highest BCUT2D eigenvalue weighted by atomic mass is 19.4. The summed E-state index contributed by atoms with van der Waals surface area (Å²) >= 11 is 0. The van der Waals surface area contributed by atoms with Gasteiger partial charge in [0.1, 0.15) is 0 Å². The van der Waals surface area contributed by atoms with Gasteiger partial charge in [-0.1, -0.05) is 38.8 Å². The SMILES string of the molecule is CNC(CCCC(C)C)c1cccc(C(F)(F)F)c1. The third-order valence-corrected chi connectivity index (χ3v) is 3.24. The number of hydrogen-bond acceptors (Lipinski definition) is 1. The van der Waals surface area contributed by atoms with Crippen molar-refractivity contribution in [2.24, 2.45) is 5.92 Å². The molecule has 108 valence electrons. The highest BCUT2D eigenvalue weighted by Crippen LogP contribution is 2.31. The van der Waals surface area contributed by atoms with E-state index in [0.29, 0.717) is 11.5 Å². The molecule has 1 nitrogen and oxygen atoms in total. The quantitative estimate of drug-likeness (QED) is 0.785. The largest absolute Gasteiger partial charge is 0.416 e. The van der Waals surface area contributed by atoms with Gasteiger partial charge in [-0.25, -0.2) is 0 Å². The molecule has 1 rings (SSSR count). The first-order valence-corrected chi connectivity index (χ1v) is 6.69. The van der Waals surface area contributed by atoms with Crippen LogP contribution in [0.2, 0.25) is 0 Å². The predicted molar refractivity (Wildman–Crippen MR) is 71.9 cm³/mol. The van der Waals surface area contributed by atoms with Crippen LogP contribution in [0.3, 0.4) is 0 Å². The zero-order chi connectivity index (χ0) is 14.5. The van der Waals surface area contributed by atoms with E-state index in [9.17, 15) is 13.2 Å². The lowest BCUT2D eigenvalue weighted by Crippen LogP contribution is -2.17. The Hall–Kier alpha value is -1.03. The third kappa shape index (κ3) is 5.23. The summed E-state index contributed by atoms with van der Waals surface area (Å²) in [5.41, 5.74) is 0.134. The van der Waals surface area contributed by atoms with Crippen molar-refractivity contribution in [3.8, 4) is 0 Å². The van der Waals surface area contributed by atoms with E-state index in [1.165, 1.54) is 12.1 Å². The Morgan fingerprint density at radius 3 is 2.37 bits per heavy atom. The molecule has 19 heavy (non-hydrogen) atoms. The van der Waals surface area contributed by atoms with Gasteiger partial charge < -0.3 is 5.32 Å². The highest BCUT2D eigenvalue weighted by Gasteiger charge is 2.30. The number of nitrogens with one attached hydrogen (secondary N) is 1. The van der Waals surface area contributed by atoms with Gasteiger partial charge in [-0.15, -0.1) is 0 Å². The van der Waals surface area contributed by atoms with E-state index in [0.717, 1.165) is 25.3 Å². The molecule has 1 N–H and O–H groups in total. The molecule has 0 heterocycles. The van der Waals surface area contributed by atoms with E-state index in [1.54, 1.807) is 13.1 Å². The second-order valence-corrected chi connectivity index (χ2v) is 5.29. The van der Waals surface area contributed by atoms with E-state index in [2.05, 4.69) is 19.2 Å². The number of hydrogen-bond donors (Lipinski definition) is 1. The second kappa shape index (κ2) is 6.94. The van der Waals surface area contributed by atoms with Gasteiger partial charge in [0, 0.05) is 6.04 Å². The fourth-order valence-electron chi connectivity index (χ4n) is 2.14. The minimum Gasteiger partial charge on any atom is -0.313 e. The molecule has 1 aromatic rings. The summed E-state index contributed by atoms with van der Waals surface area (Å²) < 4.78 is 38.0. The van der Waals surface area contributed by atoms with Gasteiger partial charge >= 0.3 is 6.18 Å². The van der Waals surface area contributed by atoms with Crippen LogP contribution in [0.1, 0.15) is 50.3 Å². The lowest BCUT2D eigenvalue weighted by Gasteiger charge is -2.18. The molecule has 0 fully saturated rings. The summed E-state index contributed by atoms with van der Waals surface area (Å²) in [6.07, 6.45) is -1.31. The van der Waals surface area contributed by atoms with Crippen LogP contribution in [0.15, 0.2) is 24.3 Å². The van der Waals surface area contributed by atoms with Crippen LogP contribution in [-0.2, 0) is 6.18 Å². The standard InChI is InChI=1S/C15H22F3N/c1-11(2)6-4-9-14(19-3)12-7-5-8-13(10-12)15(16,17)18/h5,7-8,10-11,14,19H,4,6,9H2,1-3H3. The van der Waals surface area contributed by atoms with E-state index in [4.69, 9.17) is 0 Å². The molecule has 0 saturated heterocycles. The molecule has 0 radical (unpaired) electrons. The molecule has 1 unspecified atom stereocenters. The molecule has 0 aliphatic rings. The topological polar surface area (TPSA) is 12.0 Å². The summed E-state index contributed by atoms with van der Waals surface area (Å²) in [4.78, 5) is 0. The van der Waals surface area contributed by atoms with Crippen LogP contribution in [0.5, 0.6) is 0 Å². The Morgan fingerprint density at radius 1 is 1.16 bits per heavy atom. The normalized spacial score (nSPS) is 13.8. The van der Waals surface area contributed by atoms with E-state index in [-0.39, 0.29) is 6.04 Å². The molecule has 4 heteroatoms. The van der Waals surface area contributed by atoms with Crippen LogP contribution in [0.4, 0.5) is 13.2 Å². The zero-order valence-corrected chi connectivity index (χ0v) is 11.7. The van der Waals surface area contributed by atoms with Crippen LogP contribution in [0.25, 0.3) is 0 Å². The van der Waals surface area contributed by atoms with Crippen LogP contribution < -0.4 is 5.32 Å². The van der Waals surface area contributed by atoms with Gasteiger partial charge in [0.15, 0.2) is 0 Å². The summed E-state index contributed by atoms with van der Waals surface area (Å²) in [5.74, 6) is 0.624. The fourth-order valence-corrected chi connectivity index (χ4v) is 2.14. The maximum Gasteiger partial charge on any atom is 0.416 e. The molecular weight excluding hydrogens is 251 g/mol. The molecule has 0 bridgehead atoms. The summed E-state index contributed by atoms with van der Waals surface area (Å²) in [5, 5.41) is 3.10. The van der Waals surface area contributed by atoms with Gasteiger partial charge in [-0.2, -0.15) is 13.2 Å². The van der Waals surface area contributed by atoms with Crippen molar-refractivity contribution < 1.29 is 13.2 Å². The van der Waals surface area contributed by atoms with Gasteiger partial charge in [-0.05, 0) is 37.1 Å². The van der Waals surface area contributed by atoms with Crippen LogP contribution in [-0.4, -0.2) is 7.05 Å². The Morgan fingerprint density at radius 2 is 1.84 bits per heavy atom. The van der Waals surface area contributed by atoms with Crippen LogP contribution in [0, 0.1) is 5.92 Å². The lowest BCUT2D eigenvalue weighted by molar-refractivity contribution is -0.137. The first kappa shape index (κ1) is 16.0. The maximum absolute atomic E-state index is 12.7. The van der Waals surface area contributed by atoms with Crippen LogP contribution >= 0.6 is 0 Å². The first-order chi connectivity index (χ1) is 8.84. The molecule has 1 atom stereocenters. The number of alkyl halides is 3. The van der Waals surface area contributed by atoms with Crippen molar-refractivity contribution in [1.29, 1.82) is 0 Å². The Kier molecular flexibility index (Phi) is 5.85. The summed E-state index contributed by atoms with van der Waals surface area (Å²) in [6.45, 7) is 4.30. The molecular formula is C15H22F3N. The number of halogens is 3. The Labute approximate surface area is 113 Å². The van der Waals surface area contributed by atoms with Crippen molar-refractivity contribution in [3.63, 3.8) is 0 Å². The van der Waals surface area contributed by atoms with E-state index >= 15 is 0 Å². The Bertz CT molecular complexity index is 385. The minimum absolute atomic E-state index is 0.0129. The summed E-state index contributed by atoms with van der Waals surface area (Å²) in [7, 11) is 1.79. The van der Waals surface area contributed by atoms with Crippen molar-refractivity contribution in [3.05, 3.63) is 35.4 Å². The average molecular weight is 273 g/mol. The van der Waals surface area contributed by atoms with Gasteiger partial charge in [0.25, 0.3) is 0 Å². The van der Waals surface area contributed by atoms with E-state index in [1.807, 2.05) is 0 Å². The predicted octanol–water partition coefficient (Wildman–Crippen LogP) is 4.79.